The highest BCUT2D eigenvalue weighted by atomic mass is 127. The largest absolute Gasteiger partial charge is 0.383 e. The molecule has 0 aromatic carbocycles. The van der Waals surface area contributed by atoms with Crippen molar-refractivity contribution in [1.29, 1.82) is 0 Å². The molecule has 0 aliphatic carbocycles. The SMILES string of the molecule is CCCc1nc(N(CC)CC)nc(N)c1I. The van der Waals surface area contributed by atoms with Gasteiger partial charge in [0.2, 0.25) is 5.95 Å². The molecular weight excluding hydrogens is 315 g/mol. The van der Waals surface area contributed by atoms with Gasteiger partial charge in [-0.25, -0.2) is 4.98 Å². The maximum Gasteiger partial charge on any atom is 0.227 e. The van der Waals surface area contributed by atoms with Crippen LogP contribution in [-0.2, 0) is 6.42 Å². The van der Waals surface area contributed by atoms with Crippen LogP contribution < -0.4 is 10.6 Å². The van der Waals surface area contributed by atoms with Gasteiger partial charge in [-0.15, -0.1) is 0 Å². The number of hydrogen-bond acceptors (Lipinski definition) is 4. The Labute approximate surface area is 111 Å². The maximum atomic E-state index is 5.91. The molecule has 0 saturated carbocycles. The van der Waals surface area contributed by atoms with Gasteiger partial charge in [0.1, 0.15) is 5.82 Å². The van der Waals surface area contributed by atoms with Crippen molar-refractivity contribution in [3.05, 3.63) is 9.26 Å². The van der Waals surface area contributed by atoms with Crippen molar-refractivity contribution in [3.63, 3.8) is 0 Å². The lowest BCUT2D eigenvalue weighted by Gasteiger charge is -2.20. The molecule has 0 aliphatic heterocycles. The summed E-state index contributed by atoms with van der Waals surface area (Å²) in [5, 5.41) is 0. The second-order valence-electron chi connectivity index (χ2n) is 3.59. The molecule has 0 radical (unpaired) electrons. The van der Waals surface area contributed by atoms with E-state index in [4.69, 9.17) is 5.73 Å². The second kappa shape index (κ2) is 6.22. The number of nitrogen functional groups attached to an aromatic ring is 1. The maximum absolute atomic E-state index is 5.91. The first-order valence-electron chi connectivity index (χ1n) is 5.70. The van der Waals surface area contributed by atoms with Crippen LogP contribution in [0.2, 0.25) is 0 Å². The van der Waals surface area contributed by atoms with Crippen LogP contribution >= 0.6 is 22.6 Å². The first-order valence-corrected chi connectivity index (χ1v) is 6.78. The summed E-state index contributed by atoms with van der Waals surface area (Å²) in [7, 11) is 0. The van der Waals surface area contributed by atoms with E-state index in [9.17, 15) is 0 Å². The summed E-state index contributed by atoms with van der Waals surface area (Å²) in [5.74, 6) is 1.35. The van der Waals surface area contributed by atoms with Crippen molar-refractivity contribution in [3.8, 4) is 0 Å². The van der Waals surface area contributed by atoms with Crippen LogP contribution in [0.4, 0.5) is 11.8 Å². The Morgan fingerprint density at radius 1 is 1.19 bits per heavy atom. The third-order valence-electron chi connectivity index (χ3n) is 2.47. The average Bonchev–Trinajstić information content (AvgIpc) is 2.27. The van der Waals surface area contributed by atoms with Crippen molar-refractivity contribution >= 4 is 34.4 Å². The zero-order valence-corrected chi connectivity index (χ0v) is 12.3. The molecule has 0 fully saturated rings. The molecule has 0 unspecified atom stereocenters. The molecule has 16 heavy (non-hydrogen) atoms. The van der Waals surface area contributed by atoms with Crippen molar-refractivity contribution in [1.82, 2.24) is 9.97 Å². The van der Waals surface area contributed by atoms with Crippen molar-refractivity contribution in [2.24, 2.45) is 0 Å². The van der Waals surface area contributed by atoms with Gasteiger partial charge in [0.15, 0.2) is 0 Å². The standard InChI is InChI=1S/C11H19IN4/c1-4-7-8-9(12)10(13)15-11(14-8)16(5-2)6-3/h4-7H2,1-3H3,(H2,13,14,15). The third kappa shape index (κ3) is 2.96. The number of anilines is 2. The van der Waals surface area contributed by atoms with Crippen LogP contribution in [0.5, 0.6) is 0 Å². The van der Waals surface area contributed by atoms with Gasteiger partial charge in [-0.05, 0) is 42.9 Å². The van der Waals surface area contributed by atoms with Gasteiger partial charge in [0, 0.05) is 13.1 Å². The monoisotopic (exact) mass is 334 g/mol. The summed E-state index contributed by atoms with van der Waals surface area (Å²) in [4.78, 5) is 11.1. The van der Waals surface area contributed by atoms with E-state index >= 15 is 0 Å². The van der Waals surface area contributed by atoms with Gasteiger partial charge in [-0.1, -0.05) is 13.3 Å². The summed E-state index contributed by atoms with van der Waals surface area (Å²) in [5.41, 5.74) is 6.98. The van der Waals surface area contributed by atoms with Gasteiger partial charge in [0.25, 0.3) is 0 Å². The predicted octanol–water partition coefficient (Wildman–Crippen LogP) is 2.46. The molecule has 0 spiro atoms. The molecular formula is C11H19IN4. The van der Waals surface area contributed by atoms with E-state index in [1.165, 1.54) is 0 Å². The molecule has 90 valence electrons. The molecule has 0 bridgehead atoms. The zero-order chi connectivity index (χ0) is 12.1. The Balaban J connectivity index is 3.12. The highest BCUT2D eigenvalue weighted by Crippen LogP contribution is 2.21. The summed E-state index contributed by atoms with van der Waals surface area (Å²) in [6.07, 6.45) is 2.03. The van der Waals surface area contributed by atoms with E-state index in [0.29, 0.717) is 5.82 Å². The molecule has 1 aromatic heterocycles. The lowest BCUT2D eigenvalue weighted by atomic mass is 10.2. The van der Waals surface area contributed by atoms with E-state index in [0.717, 1.165) is 41.1 Å². The van der Waals surface area contributed by atoms with Gasteiger partial charge in [-0.3, -0.25) is 0 Å². The number of aryl methyl sites for hydroxylation is 1. The molecule has 0 amide bonds. The highest BCUT2D eigenvalue weighted by Gasteiger charge is 2.12. The number of nitrogens with zero attached hydrogens (tertiary/aromatic N) is 3. The Bertz CT molecular complexity index is 350. The Morgan fingerprint density at radius 3 is 2.31 bits per heavy atom. The number of rotatable bonds is 5. The number of hydrogen-bond donors (Lipinski definition) is 1. The van der Waals surface area contributed by atoms with E-state index < -0.39 is 0 Å². The van der Waals surface area contributed by atoms with E-state index in [1.54, 1.807) is 0 Å². The van der Waals surface area contributed by atoms with Gasteiger partial charge < -0.3 is 10.6 Å². The lowest BCUT2D eigenvalue weighted by Crippen LogP contribution is -2.25. The molecule has 1 heterocycles. The summed E-state index contributed by atoms with van der Waals surface area (Å²) >= 11 is 2.22. The van der Waals surface area contributed by atoms with Crippen LogP contribution in [0.15, 0.2) is 0 Å². The van der Waals surface area contributed by atoms with Gasteiger partial charge in [-0.2, -0.15) is 4.98 Å². The van der Waals surface area contributed by atoms with E-state index in [1.807, 2.05) is 0 Å². The van der Waals surface area contributed by atoms with Crippen molar-refractivity contribution < 1.29 is 0 Å². The second-order valence-corrected chi connectivity index (χ2v) is 4.67. The normalized spacial score (nSPS) is 10.5. The Kier molecular flexibility index (Phi) is 5.24. The third-order valence-corrected chi connectivity index (χ3v) is 3.64. The molecule has 0 aliphatic rings. The first kappa shape index (κ1) is 13.5. The molecule has 5 heteroatoms. The van der Waals surface area contributed by atoms with Crippen molar-refractivity contribution in [2.75, 3.05) is 23.7 Å². The minimum atomic E-state index is 0.598. The zero-order valence-electron chi connectivity index (χ0n) is 10.1. The summed E-state index contributed by atoms with van der Waals surface area (Å²) < 4.78 is 0.996. The van der Waals surface area contributed by atoms with Crippen LogP contribution in [0.25, 0.3) is 0 Å². The summed E-state index contributed by atoms with van der Waals surface area (Å²) in [6.45, 7) is 8.15. The highest BCUT2D eigenvalue weighted by molar-refractivity contribution is 14.1. The van der Waals surface area contributed by atoms with Crippen LogP contribution in [0.3, 0.4) is 0 Å². The average molecular weight is 334 g/mol. The van der Waals surface area contributed by atoms with E-state index in [-0.39, 0.29) is 0 Å². The molecule has 2 N–H and O–H groups in total. The molecule has 4 nitrogen and oxygen atoms in total. The topological polar surface area (TPSA) is 55.0 Å². The van der Waals surface area contributed by atoms with Crippen LogP contribution in [0.1, 0.15) is 32.9 Å². The fraction of sp³-hybridized carbons (Fsp3) is 0.636. The van der Waals surface area contributed by atoms with Crippen LogP contribution in [-0.4, -0.2) is 23.1 Å². The number of aromatic nitrogens is 2. The number of halogens is 1. The lowest BCUT2D eigenvalue weighted by molar-refractivity contribution is 0.796. The minimum Gasteiger partial charge on any atom is -0.383 e. The van der Waals surface area contributed by atoms with Crippen LogP contribution in [0, 0.1) is 3.57 Å². The number of nitrogens with two attached hydrogens (primary N) is 1. The van der Waals surface area contributed by atoms with Crippen molar-refractivity contribution in [2.45, 2.75) is 33.6 Å². The minimum absolute atomic E-state index is 0.598. The first-order chi connectivity index (χ1) is 7.63. The van der Waals surface area contributed by atoms with Gasteiger partial charge >= 0.3 is 0 Å². The smallest absolute Gasteiger partial charge is 0.227 e. The molecule has 0 atom stereocenters. The fourth-order valence-electron chi connectivity index (χ4n) is 1.55. The molecule has 1 aromatic rings. The van der Waals surface area contributed by atoms with E-state index in [2.05, 4.69) is 58.2 Å². The quantitative estimate of drug-likeness (QED) is 0.841. The Morgan fingerprint density at radius 2 is 1.81 bits per heavy atom. The predicted molar refractivity (Wildman–Crippen MR) is 76.7 cm³/mol. The Hall–Kier alpha value is -0.590. The fourth-order valence-corrected chi connectivity index (χ4v) is 2.06. The molecule has 1 rings (SSSR count). The summed E-state index contributed by atoms with van der Waals surface area (Å²) in [6, 6.07) is 0. The molecule has 0 saturated heterocycles. The van der Waals surface area contributed by atoms with Gasteiger partial charge in [0.05, 0.1) is 9.26 Å².